The number of aromatic nitrogens is 2. The highest BCUT2D eigenvalue weighted by Gasteiger charge is 2.07. The van der Waals surface area contributed by atoms with Gasteiger partial charge >= 0.3 is 0 Å². The van der Waals surface area contributed by atoms with E-state index in [1.807, 2.05) is 6.07 Å². The molecule has 3 aromatic rings. The number of halogens is 1. The number of nitrogens with one attached hydrogen (secondary N) is 3. The summed E-state index contributed by atoms with van der Waals surface area (Å²) in [6, 6.07) is 7.78. The SMILES string of the molecule is O.S=c1[nH]c2cc(Cl)cc(OCCNCc3cccs3)c2[nH]1. The molecule has 0 unspecified atom stereocenters. The van der Waals surface area contributed by atoms with Crippen LogP contribution in [0.3, 0.4) is 0 Å². The van der Waals surface area contributed by atoms with Crippen LogP contribution in [0.25, 0.3) is 11.0 Å². The van der Waals surface area contributed by atoms with Crippen molar-refractivity contribution < 1.29 is 10.2 Å². The van der Waals surface area contributed by atoms with Crippen molar-refractivity contribution in [3.63, 3.8) is 0 Å². The molecule has 0 amide bonds. The molecule has 1 aromatic carbocycles. The van der Waals surface area contributed by atoms with Gasteiger partial charge in [0.25, 0.3) is 0 Å². The zero-order valence-electron chi connectivity index (χ0n) is 11.6. The smallest absolute Gasteiger partial charge is 0.175 e. The monoisotopic (exact) mass is 357 g/mol. The number of fused-ring (bicyclic) bond motifs is 1. The summed E-state index contributed by atoms with van der Waals surface area (Å²) in [6.45, 7) is 2.18. The third-order valence-corrected chi connectivity index (χ3v) is 4.27. The number of H-pyrrole nitrogens is 2. The molecule has 118 valence electrons. The van der Waals surface area contributed by atoms with E-state index in [0.717, 1.165) is 24.1 Å². The molecule has 0 bridgehead atoms. The summed E-state index contributed by atoms with van der Waals surface area (Å²) in [5.74, 6) is 0.711. The molecule has 3 rings (SSSR count). The molecule has 0 spiro atoms. The van der Waals surface area contributed by atoms with E-state index in [-0.39, 0.29) is 5.48 Å². The van der Waals surface area contributed by atoms with Crippen LogP contribution in [-0.4, -0.2) is 28.6 Å². The van der Waals surface area contributed by atoms with Crippen LogP contribution in [-0.2, 0) is 6.54 Å². The highest BCUT2D eigenvalue weighted by Crippen LogP contribution is 2.27. The predicted octanol–water partition coefficient (Wildman–Crippen LogP) is 3.28. The number of thiophene rings is 1. The summed E-state index contributed by atoms with van der Waals surface area (Å²) in [7, 11) is 0. The normalized spacial score (nSPS) is 10.6. The van der Waals surface area contributed by atoms with E-state index < -0.39 is 0 Å². The maximum absolute atomic E-state index is 6.08. The van der Waals surface area contributed by atoms with Crippen LogP contribution in [0.2, 0.25) is 5.02 Å². The van der Waals surface area contributed by atoms with E-state index in [0.29, 0.717) is 22.2 Å². The molecule has 0 radical (unpaired) electrons. The van der Waals surface area contributed by atoms with Crippen LogP contribution < -0.4 is 10.1 Å². The average Bonchev–Trinajstić information content (AvgIpc) is 3.06. The summed E-state index contributed by atoms with van der Waals surface area (Å²) in [6.07, 6.45) is 0. The lowest BCUT2D eigenvalue weighted by Gasteiger charge is -2.08. The Morgan fingerprint density at radius 1 is 1.32 bits per heavy atom. The minimum absolute atomic E-state index is 0. The van der Waals surface area contributed by atoms with Gasteiger partial charge in [-0.25, -0.2) is 0 Å². The third kappa shape index (κ3) is 4.08. The van der Waals surface area contributed by atoms with Crippen LogP contribution in [0.5, 0.6) is 5.75 Å². The molecule has 0 aliphatic carbocycles. The Morgan fingerprint density at radius 2 is 2.18 bits per heavy atom. The second-order valence-corrected chi connectivity index (χ2v) is 6.39. The van der Waals surface area contributed by atoms with Crippen LogP contribution >= 0.6 is 35.2 Å². The number of hydrogen-bond acceptors (Lipinski definition) is 4. The van der Waals surface area contributed by atoms with E-state index in [2.05, 4.69) is 32.8 Å². The molecule has 0 atom stereocenters. The highest BCUT2D eigenvalue weighted by atomic mass is 35.5. The average molecular weight is 358 g/mol. The summed E-state index contributed by atoms with van der Waals surface area (Å²) >= 11 is 12.9. The van der Waals surface area contributed by atoms with Gasteiger partial charge in [-0.3, -0.25) is 0 Å². The first-order chi connectivity index (χ1) is 10.2. The number of benzene rings is 1. The lowest BCUT2D eigenvalue weighted by molar-refractivity contribution is 0.317. The van der Waals surface area contributed by atoms with Crippen molar-refractivity contribution in [1.82, 2.24) is 15.3 Å². The van der Waals surface area contributed by atoms with Gasteiger partial charge in [-0.2, -0.15) is 0 Å². The molecular weight excluding hydrogens is 342 g/mol. The fourth-order valence-corrected chi connectivity index (χ4v) is 3.14. The first-order valence-corrected chi connectivity index (χ1v) is 8.16. The van der Waals surface area contributed by atoms with Gasteiger partial charge in [-0.1, -0.05) is 17.7 Å². The van der Waals surface area contributed by atoms with Gasteiger partial charge in [0.05, 0.1) is 5.52 Å². The second-order valence-electron chi connectivity index (χ2n) is 4.51. The lowest BCUT2D eigenvalue weighted by atomic mass is 10.3. The van der Waals surface area contributed by atoms with Gasteiger partial charge in [-0.15, -0.1) is 11.3 Å². The van der Waals surface area contributed by atoms with E-state index in [9.17, 15) is 0 Å². The Labute approximate surface area is 141 Å². The molecule has 5 N–H and O–H groups in total. The van der Waals surface area contributed by atoms with E-state index in [1.54, 1.807) is 17.4 Å². The topological polar surface area (TPSA) is 84.3 Å². The quantitative estimate of drug-likeness (QED) is 0.467. The van der Waals surface area contributed by atoms with Crippen LogP contribution in [0.1, 0.15) is 4.88 Å². The van der Waals surface area contributed by atoms with Gasteiger partial charge in [0.2, 0.25) is 0 Å². The highest BCUT2D eigenvalue weighted by molar-refractivity contribution is 7.71. The predicted molar refractivity (Wildman–Crippen MR) is 93.6 cm³/mol. The molecule has 0 aliphatic rings. The standard InChI is InChI=1S/C14H14ClN3OS2.H2O/c15-9-6-11-13(18-14(20)17-11)12(7-9)19-4-3-16-8-10-2-1-5-21-10;/h1-2,5-7,16H,3-4,8H2,(H2,17,18,20);1H2. The van der Waals surface area contributed by atoms with Crippen LogP contribution in [0.4, 0.5) is 0 Å². The Bertz CT molecular complexity index is 783. The molecule has 2 aromatic heterocycles. The molecule has 0 aliphatic heterocycles. The Hall–Kier alpha value is -1.38. The zero-order chi connectivity index (χ0) is 14.7. The molecule has 0 fully saturated rings. The van der Waals surface area contributed by atoms with E-state index in [1.165, 1.54) is 4.88 Å². The van der Waals surface area contributed by atoms with Gasteiger partial charge in [0.1, 0.15) is 17.9 Å². The third-order valence-electron chi connectivity index (χ3n) is 2.97. The first-order valence-electron chi connectivity index (χ1n) is 6.50. The van der Waals surface area contributed by atoms with E-state index in [4.69, 9.17) is 28.6 Å². The molecule has 0 saturated carbocycles. The summed E-state index contributed by atoms with van der Waals surface area (Å²) < 4.78 is 6.35. The van der Waals surface area contributed by atoms with Gasteiger partial charge in [0, 0.05) is 29.1 Å². The van der Waals surface area contributed by atoms with Gasteiger partial charge in [-0.05, 0) is 29.7 Å². The van der Waals surface area contributed by atoms with Crippen molar-refractivity contribution in [3.8, 4) is 5.75 Å². The molecule has 8 heteroatoms. The fourth-order valence-electron chi connectivity index (χ4n) is 2.05. The van der Waals surface area contributed by atoms with Crippen molar-refractivity contribution in [2.45, 2.75) is 6.54 Å². The van der Waals surface area contributed by atoms with Gasteiger partial charge in [0.15, 0.2) is 4.77 Å². The number of imidazole rings is 1. The summed E-state index contributed by atoms with van der Waals surface area (Å²) in [5, 5.41) is 6.03. The van der Waals surface area contributed by atoms with Crippen LogP contribution in [0.15, 0.2) is 29.6 Å². The van der Waals surface area contributed by atoms with Crippen molar-refractivity contribution in [1.29, 1.82) is 0 Å². The minimum atomic E-state index is 0. The van der Waals surface area contributed by atoms with Gasteiger partial charge < -0.3 is 25.5 Å². The molecule has 22 heavy (non-hydrogen) atoms. The number of hydrogen-bond donors (Lipinski definition) is 3. The van der Waals surface area contributed by atoms with Crippen molar-refractivity contribution >= 4 is 46.2 Å². The molecular formula is C14H16ClN3O2S2. The molecule has 5 nitrogen and oxygen atoms in total. The fraction of sp³-hybridized carbons (Fsp3) is 0.214. The Balaban J connectivity index is 0.00000176. The van der Waals surface area contributed by atoms with Crippen molar-refractivity contribution in [2.24, 2.45) is 0 Å². The molecule has 2 heterocycles. The summed E-state index contributed by atoms with van der Waals surface area (Å²) in [5.41, 5.74) is 1.71. The van der Waals surface area contributed by atoms with Crippen molar-refractivity contribution in [2.75, 3.05) is 13.2 Å². The first kappa shape index (κ1) is 17.0. The van der Waals surface area contributed by atoms with E-state index >= 15 is 0 Å². The lowest BCUT2D eigenvalue weighted by Crippen LogP contribution is -2.20. The maximum atomic E-state index is 6.08. The minimum Gasteiger partial charge on any atom is -0.490 e. The zero-order valence-corrected chi connectivity index (χ0v) is 14.0. The summed E-state index contributed by atoms with van der Waals surface area (Å²) in [4.78, 5) is 7.43. The van der Waals surface area contributed by atoms with Crippen LogP contribution in [0, 0.1) is 4.77 Å². The maximum Gasteiger partial charge on any atom is 0.175 e. The number of rotatable bonds is 6. The number of ether oxygens (including phenoxy) is 1. The Morgan fingerprint density at radius 3 is 2.95 bits per heavy atom. The Kier molecular flexibility index (Phi) is 5.98. The number of aromatic amines is 2. The van der Waals surface area contributed by atoms with Crippen molar-refractivity contribution in [3.05, 3.63) is 44.3 Å². The molecule has 0 saturated heterocycles. The second kappa shape index (κ2) is 7.75. The largest absolute Gasteiger partial charge is 0.490 e.